The second-order valence-electron chi connectivity index (χ2n) is 6.94. The predicted molar refractivity (Wildman–Crippen MR) is 109 cm³/mol. The van der Waals surface area contributed by atoms with Gasteiger partial charge in [0.05, 0.1) is 11.4 Å². The number of fused-ring (bicyclic) bond motifs is 2. The van der Waals surface area contributed by atoms with Crippen LogP contribution >= 0.6 is 0 Å². The fourth-order valence-corrected chi connectivity index (χ4v) is 3.95. The molecular weight excluding hydrogens is 355 g/mol. The van der Waals surface area contributed by atoms with Crippen molar-refractivity contribution in [2.75, 3.05) is 5.32 Å². The smallest absolute Gasteiger partial charge is 0.389 e. The van der Waals surface area contributed by atoms with Gasteiger partial charge in [0.2, 0.25) is 0 Å². The van der Waals surface area contributed by atoms with E-state index in [2.05, 4.69) is 5.32 Å². The van der Waals surface area contributed by atoms with Crippen molar-refractivity contribution < 1.29 is 13.1 Å². The summed E-state index contributed by atoms with van der Waals surface area (Å²) < 4.78 is 33.2. The highest BCUT2D eigenvalue weighted by Gasteiger charge is 2.52. The van der Waals surface area contributed by atoms with E-state index in [0.29, 0.717) is 23.8 Å². The SMILES string of the molecule is F[B-]1(F)n2c(NCc3ccccc3)ccc2C(c2ccccc2)=C2C=CC=[N+]21. The minimum atomic E-state index is -3.98. The quantitative estimate of drug-likeness (QED) is 0.655. The van der Waals surface area contributed by atoms with Crippen molar-refractivity contribution in [3.63, 3.8) is 0 Å². The summed E-state index contributed by atoms with van der Waals surface area (Å²) in [5, 5.41) is 3.19. The van der Waals surface area contributed by atoms with Gasteiger partial charge in [-0.1, -0.05) is 60.7 Å². The molecule has 0 saturated carbocycles. The average molecular weight is 373 g/mol. The summed E-state index contributed by atoms with van der Waals surface area (Å²) in [7, 11) is 0. The van der Waals surface area contributed by atoms with Gasteiger partial charge in [0.25, 0.3) is 0 Å². The van der Waals surface area contributed by atoms with Crippen LogP contribution in [0.4, 0.5) is 14.4 Å². The highest BCUT2D eigenvalue weighted by molar-refractivity contribution is 6.58. The molecule has 0 atom stereocenters. The Kier molecular flexibility index (Phi) is 3.79. The molecule has 0 unspecified atom stereocenters. The third kappa shape index (κ3) is 2.53. The first-order valence-electron chi connectivity index (χ1n) is 9.28. The molecule has 28 heavy (non-hydrogen) atoms. The van der Waals surface area contributed by atoms with Crippen molar-refractivity contribution in [2.24, 2.45) is 0 Å². The van der Waals surface area contributed by atoms with Crippen LogP contribution in [0.5, 0.6) is 0 Å². The van der Waals surface area contributed by atoms with E-state index in [1.165, 1.54) is 6.21 Å². The number of benzene rings is 2. The Labute approximate surface area is 162 Å². The monoisotopic (exact) mass is 373 g/mol. The second kappa shape index (κ2) is 6.34. The molecule has 1 aromatic heterocycles. The maximum Gasteiger partial charge on any atom is 0.738 e. The normalized spacial score (nSPS) is 16.6. The van der Waals surface area contributed by atoms with Crippen molar-refractivity contribution >= 4 is 24.6 Å². The second-order valence-corrected chi connectivity index (χ2v) is 6.94. The van der Waals surface area contributed by atoms with Crippen molar-refractivity contribution in [1.82, 2.24) is 4.48 Å². The van der Waals surface area contributed by atoms with Gasteiger partial charge in [0.1, 0.15) is 6.21 Å². The van der Waals surface area contributed by atoms with Gasteiger partial charge < -0.3 is 22.9 Å². The molecule has 0 saturated heterocycles. The summed E-state index contributed by atoms with van der Waals surface area (Å²) in [5.74, 6) is 0.414. The zero-order valence-electron chi connectivity index (χ0n) is 15.1. The lowest BCUT2D eigenvalue weighted by atomic mass is 9.86. The van der Waals surface area contributed by atoms with Crippen LogP contribution in [-0.4, -0.2) is 22.1 Å². The molecule has 5 rings (SSSR count). The molecule has 6 heteroatoms. The zero-order valence-corrected chi connectivity index (χ0v) is 15.1. The number of halogens is 2. The molecule has 2 aromatic carbocycles. The zero-order chi connectivity index (χ0) is 19.1. The van der Waals surface area contributed by atoms with E-state index < -0.39 is 6.97 Å². The first-order valence-corrected chi connectivity index (χ1v) is 9.28. The maximum atomic E-state index is 15.5. The molecule has 3 aromatic rings. The maximum absolute atomic E-state index is 15.5. The Morgan fingerprint density at radius 3 is 2.36 bits per heavy atom. The van der Waals surface area contributed by atoms with Crippen LogP contribution in [0.25, 0.3) is 5.57 Å². The molecular formula is C22H18BF2N3. The molecule has 1 N–H and O–H groups in total. The van der Waals surface area contributed by atoms with Gasteiger partial charge in [0, 0.05) is 24.4 Å². The van der Waals surface area contributed by atoms with E-state index in [-0.39, 0.29) is 0 Å². The number of anilines is 1. The van der Waals surface area contributed by atoms with E-state index in [1.807, 2.05) is 60.7 Å². The van der Waals surface area contributed by atoms with Gasteiger partial charge in [-0.15, -0.1) is 0 Å². The molecule has 0 bridgehead atoms. The summed E-state index contributed by atoms with van der Waals surface area (Å²) in [4.78, 5) is 0. The fraction of sp³-hybridized carbons (Fsp3) is 0.0455. The number of nitrogens with one attached hydrogen (secondary N) is 1. The third-order valence-electron chi connectivity index (χ3n) is 5.23. The van der Waals surface area contributed by atoms with E-state index in [0.717, 1.165) is 25.7 Å². The lowest BCUT2D eigenvalue weighted by Crippen LogP contribution is -2.49. The van der Waals surface area contributed by atoms with Crippen molar-refractivity contribution in [2.45, 2.75) is 6.54 Å². The van der Waals surface area contributed by atoms with Crippen LogP contribution in [0, 0.1) is 0 Å². The molecule has 0 aliphatic carbocycles. The lowest BCUT2D eigenvalue weighted by Gasteiger charge is -2.32. The number of nitrogens with zero attached hydrogens (tertiary/aromatic N) is 2. The van der Waals surface area contributed by atoms with Gasteiger partial charge in [-0.05, 0) is 23.3 Å². The van der Waals surface area contributed by atoms with E-state index in [1.54, 1.807) is 24.3 Å². The Bertz CT molecular complexity index is 1130. The van der Waals surface area contributed by atoms with Gasteiger partial charge in [-0.3, -0.25) is 0 Å². The van der Waals surface area contributed by atoms with Gasteiger partial charge >= 0.3 is 6.97 Å². The standard InChI is InChI=1S/C22H18BF2N3/c24-23(25)27-15-7-12-19(27)22(18-10-5-2-6-11-18)20-13-14-21(28(20)23)26-16-17-8-3-1-4-9-17/h1-15,26H,16H2. The Hall–Kier alpha value is -3.41. The Morgan fingerprint density at radius 2 is 1.61 bits per heavy atom. The van der Waals surface area contributed by atoms with Crippen molar-refractivity contribution in [3.05, 3.63) is 107 Å². The summed E-state index contributed by atoms with van der Waals surface area (Å²) in [5.41, 5.74) is 3.84. The number of rotatable bonds is 4. The van der Waals surface area contributed by atoms with Crippen molar-refractivity contribution in [1.29, 1.82) is 0 Å². The van der Waals surface area contributed by atoms with Crippen LogP contribution in [-0.2, 0) is 6.54 Å². The summed E-state index contributed by atoms with van der Waals surface area (Å²) in [6, 6.07) is 23.0. The Balaban J connectivity index is 1.63. The van der Waals surface area contributed by atoms with Crippen LogP contribution in [0.15, 0.2) is 90.6 Å². The molecule has 2 aliphatic heterocycles. The van der Waals surface area contributed by atoms with Gasteiger partial charge in [-0.2, -0.15) is 0 Å². The molecule has 0 amide bonds. The topological polar surface area (TPSA) is 20.0 Å². The molecule has 3 nitrogen and oxygen atoms in total. The minimum Gasteiger partial charge on any atom is -0.389 e. The van der Waals surface area contributed by atoms with Crippen LogP contribution in [0.2, 0.25) is 0 Å². The highest BCUT2D eigenvalue weighted by Crippen LogP contribution is 2.40. The predicted octanol–water partition coefficient (Wildman–Crippen LogP) is 4.75. The largest absolute Gasteiger partial charge is 0.738 e. The molecule has 0 spiro atoms. The number of allylic oxidation sites excluding steroid dienone is 2. The summed E-state index contributed by atoms with van der Waals surface area (Å²) in [6.07, 6.45) is 4.89. The molecule has 0 fully saturated rings. The van der Waals surface area contributed by atoms with E-state index in [9.17, 15) is 0 Å². The average Bonchev–Trinajstić information content (AvgIpc) is 3.37. The first kappa shape index (κ1) is 16.7. The van der Waals surface area contributed by atoms with Crippen LogP contribution < -0.4 is 5.32 Å². The summed E-state index contributed by atoms with van der Waals surface area (Å²) >= 11 is 0. The van der Waals surface area contributed by atoms with E-state index in [4.69, 9.17) is 0 Å². The molecule has 0 radical (unpaired) electrons. The fourth-order valence-electron chi connectivity index (χ4n) is 3.95. The van der Waals surface area contributed by atoms with Crippen molar-refractivity contribution in [3.8, 4) is 0 Å². The lowest BCUT2D eigenvalue weighted by molar-refractivity contribution is -0.356. The number of aromatic nitrogens is 1. The molecule has 3 heterocycles. The summed E-state index contributed by atoms with van der Waals surface area (Å²) in [6.45, 7) is -3.50. The molecule has 138 valence electrons. The molecule has 2 aliphatic rings. The van der Waals surface area contributed by atoms with Crippen LogP contribution in [0.3, 0.4) is 0 Å². The highest BCUT2D eigenvalue weighted by atomic mass is 19.2. The number of hydrogen-bond acceptors (Lipinski definition) is 1. The van der Waals surface area contributed by atoms with Gasteiger partial charge in [0.15, 0.2) is 5.70 Å². The van der Waals surface area contributed by atoms with Crippen LogP contribution in [0.1, 0.15) is 16.8 Å². The van der Waals surface area contributed by atoms with Gasteiger partial charge in [-0.25, -0.2) is 0 Å². The first-order chi connectivity index (χ1) is 13.7. The number of hydrogen-bond donors (Lipinski definition) is 1. The minimum absolute atomic E-state index is 0.414. The third-order valence-corrected chi connectivity index (χ3v) is 5.23. The Morgan fingerprint density at radius 1 is 0.893 bits per heavy atom. The van der Waals surface area contributed by atoms with E-state index >= 15 is 8.63 Å².